The van der Waals surface area contributed by atoms with Gasteiger partial charge < -0.3 is 5.32 Å². The Balaban J connectivity index is 2.42. The van der Waals surface area contributed by atoms with Crippen molar-refractivity contribution < 1.29 is 0 Å². The summed E-state index contributed by atoms with van der Waals surface area (Å²) in [6, 6.07) is 0.709. The lowest BCUT2D eigenvalue weighted by Gasteiger charge is -2.45. The molecule has 0 amide bonds. The van der Waals surface area contributed by atoms with Crippen LogP contribution < -0.4 is 5.32 Å². The van der Waals surface area contributed by atoms with Gasteiger partial charge in [0.25, 0.3) is 0 Å². The molecule has 0 heterocycles. The highest BCUT2D eigenvalue weighted by Crippen LogP contribution is 2.32. The van der Waals surface area contributed by atoms with Crippen molar-refractivity contribution in [2.75, 3.05) is 19.6 Å². The summed E-state index contributed by atoms with van der Waals surface area (Å²) in [4.78, 5) is 2.48. The van der Waals surface area contributed by atoms with Crippen LogP contribution in [0.3, 0.4) is 0 Å². The summed E-state index contributed by atoms with van der Waals surface area (Å²) in [5, 5.41) is 3.61. The normalized spacial score (nSPS) is 24.5. The van der Waals surface area contributed by atoms with E-state index in [4.69, 9.17) is 0 Å². The Labute approximate surface area is 107 Å². The molecule has 1 saturated carbocycles. The molecular weight excluding hydrogens is 208 g/mol. The zero-order valence-electron chi connectivity index (χ0n) is 11.7. The van der Waals surface area contributed by atoms with Crippen molar-refractivity contribution in [3.8, 4) is 0 Å². The maximum absolute atomic E-state index is 3.84. The molecule has 0 aromatic rings. The van der Waals surface area contributed by atoms with E-state index in [9.17, 15) is 0 Å². The first-order chi connectivity index (χ1) is 7.98. The summed E-state index contributed by atoms with van der Waals surface area (Å²) in [5.74, 6) is 0.786. The molecule has 1 fully saturated rings. The standard InChI is InChI=1S/C15H28N2/c1-6-10-17(11-7-2)14-9-8-13(14)12-16-15(3,4)5/h6-7,13-14,16H,1-2,8-12H2,3-5H3. The summed E-state index contributed by atoms with van der Waals surface area (Å²) in [6.45, 7) is 17.4. The smallest absolute Gasteiger partial charge is 0.0166 e. The summed E-state index contributed by atoms with van der Waals surface area (Å²) in [5.41, 5.74) is 0.224. The van der Waals surface area contributed by atoms with E-state index in [-0.39, 0.29) is 5.54 Å². The van der Waals surface area contributed by atoms with Gasteiger partial charge in [-0.15, -0.1) is 13.2 Å². The van der Waals surface area contributed by atoms with Gasteiger partial charge in [-0.1, -0.05) is 12.2 Å². The molecule has 0 spiro atoms. The van der Waals surface area contributed by atoms with E-state index in [1.807, 2.05) is 12.2 Å². The minimum atomic E-state index is 0.224. The van der Waals surface area contributed by atoms with E-state index >= 15 is 0 Å². The lowest BCUT2D eigenvalue weighted by atomic mass is 9.78. The van der Waals surface area contributed by atoms with Crippen LogP contribution in [-0.2, 0) is 0 Å². The van der Waals surface area contributed by atoms with Gasteiger partial charge in [0.15, 0.2) is 0 Å². The van der Waals surface area contributed by atoms with Gasteiger partial charge >= 0.3 is 0 Å². The molecule has 98 valence electrons. The van der Waals surface area contributed by atoms with E-state index < -0.39 is 0 Å². The van der Waals surface area contributed by atoms with Crippen molar-refractivity contribution in [3.05, 3.63) is 25.3 Å². The first kappa shape index (κ1) is 14.5. The summed E-state index contributed by atoms with van der Waals surface area (Å²) in [7, 11) is 0. The third-order valence-electron chi connectivity index (χ3n) is 3.47. The van der Waals surface area contributed by atoms with Gasteiger partial charge in [0, 0.05) is 24.7 Å². The van der Waals surface area contributed by atoms with E-state index in [1.165, 1.54) is 12.8 Å². The van der Waals surface area contributed by atoms with E-state index in [0.29, 0.717) is 6.04 Å². The van der Waals surface area contributed by atoms with Crippen LogP contribution in [-0.4, -0.2) is 36.1 Å². The molecule has 2 nitrogen and oxygen atoms in total. The largest absolute Gasteiger partial charge is 0.312 e. The van der Waals surface area contributed by atoms with Crippen LogP contribution in [0.15, 0.2) is 25.3 Å². The van der Waals surface area contributed by atoms with E-state index in [2.05, 4.69) is 44.1 Å². The lowest BCUT2D eigenvalue weighted by Crippen LogP contribution is -2.52. The highest BCUT2D eigenvalue weighted by atomic mass is 15.2. The van der Waals surface area contributed by atoms with Crippen LogP contribution in [0.2, 0.25) is 0 Å². The minimum absolute atomic E-state index is 0.224. The van der Waals surface area contributed by atoms with Gasteiger partial charge in [-0.25, -0.2) is 0 Å². The maximum Gasteiger partial charge on any atom is 0.0166 e. The predicted octanol–water partition coefficient (Wildman–Crippen LogP) is 2.83. The highest BCUT2D eigenvalue weighted by Gasteiger charge is 2.34. The van der Waals surface area contributed by atoms with Gasteiger partial charge in [-0.2, -0.15) is 0 Å². The molecular formula is C15H28N2. The SMILES string of the molecule is C=CCN(CC=C)C1CCC1CNC(C)(C)C. The first-order valence-electron chi connectivity index (χ1n) is 6.69. The van der Waals surface area contributed by atoms with Crippen LogP contribution in [0.25, 0.3) is 0 Å². The zero-order valence-corrected chi connectivity index (χ0v) is 11.7. The monoisotopic (exact) mass is 236 g/mol. The minimum Gasteiger partial charge on any atom is -0.312 e. The molecule has 0 radical (unpaired) electrons. The fourth-order valence-electron chi connectivity index (χ4n) is 2.38. The molecule has 0 bridgehead atoms. The molecule has 0 aromatic carbocycles. The van der Waals surface area contributed by atoms with Crippen molar-refractivity contribution in [1.82, 2.24) is 10.2 Å². The molecule has 0 saturated heterocycles. The van der Waals surface area contributed by atoms with Crippen LogP contribution in [0.5, 0.6) is 0 Å². The fraction of sp³-hybridized carbons (Fsp3) is 0.733. The molecule has 1 rings (SSSR count). The van der Waals surface area contributed by atoms with E-state index in [0.717, 1.165) is 25.6 Å². The van der Waals surface area contributed by atoms with Gasteiger partial charge in [0.05, 0.1) is 0 Å². The van der Waals surface area contributed by atoms with Crippen LogP contribution >= 0.6 is 0 Å². The highest BCUT2D eigenvalue weighted by molar-refractivity contribution is 4.95. The number of hydrogen-bond donors (Lipinski definition) is 1. The molecule has 1 aliphatic carbocycles. The third kappa shape index (κ3) is 4.64. The number of rotatable bonds is 7. The van der Waals surface area contributed by atoms with Gasteiger partial charge in [0.2, 0.25) is 0 Å². The quantitative estimate of drug-likeness (QED) is 0.684. The van der Waals surface area contributed by atoms with Crippen molar-refractivity contribution in [3.63, 3.8) is 0 Å². The van der Waals surface area contributed by atoms with Crippen molar-refractivity contribution >= 4 is 0 Å². The Morgan fingerprint density at radius 1 is 1.18 bits per heavy atom. The number of hydrogen-bond acceptors (Lipinski definition) is 2. The molecule has 2 unspecified atom stereocenters. The molecule has 1 N–H and O–H groups in total. The molecule has 2 atom stereocenters. The summed E-state index contributed by atoms with van der Waals surface area (Å²) < 4.78 is 0. The summed E-state index contributed by atoms with van der Waals surface area (Å²) in [6.07, 6.45) is 6.66. The lowest BCUT2D eigenvalue weighted by molar-refractivity contribution is 0.0768. The van der Waals surface area contributed by atoms with Crippen LogP contribution in [0.1, 0.15) is 33.6 Å². The Kier molecular flexibility index (Phi) is 5.41. The zero-order chi connectivity index (χ0) is 12.9. The molecule has 1 aliphatic rings. The van der Waals surface area contributed by atoms with E-state index in [1.54, 1.807) is 0 Å². The second-order valence-electron chi connectivity index (χ2n) is 6.07. The average Bonchev–Trinajstić information content (AvgIpc) is 2.15. The van der Waals surface area contributed by atoms with Crippen LogP contribution in [0, 0.1) is 5.92 Å². The first-order valence-corrected chi connectivity index (χ1v) is 6.69. The van der Waals surface area contributed by atoms with Gasteiger partial charge in [-0.05, 0) is 46.1 Å². The predicted molar refractivity (Wildman–Crippen MR) is 76.2 cm³/mol. The van der Waals surface area contributed by atoms with Crippen LogP contribution in [0.4, 0.5) is 0 Å². The van der Waals surface area contributed by atoms with Crippen molar-refractivity contribution in [2.24, 2.45) is 5.92 Å². The summed E-state index contributed by atoms with van der Waals surface area (Å²) >= 11 is 0. The van der Waals surface area contributed by atoms with Crippen molar-refractivity contribution in [2.45, 2.75) is 45.2 Å². The maximum atomic E-state index is 3.84. The Morgan fingerprint density at radius 2 is 1.76 bits per heavy atom. The van der Waals surface area contributed by atoms with Gasteiger partial charge in [-0.3, -0.25) is 4.90 Å². The van der Waals surface area contributed by atoms with Crippen molar-refractivity contribution in [1.29, 1.82) is 0 Å². The molecule has 0 aromatic heterocycles. The second kappa shape index (κ2) is 6.36. The molecule has 17 heavy (non-hydrogen) atoms. The third-order valence-corrected chi connectivity index (χ3v) is 3.47. The average molecular weight is 236 g/mol. The number of nitrogens with one attached hydrogen (secondary N) is 1. The molecule has 2 heteroatoms. The fourth-order valence-corrected chi connectivity index (χ4v) is 2.38. The Bertz CT molecular complexity index is 242. The Hall–Kier alpha value is -0.600. The Morgan fingerprint density at radius 3 is 2.12 bits per heavy atom. The topological polar surface area (TPSA) is 15.3 Å². The van der Waals surface area contributed by atoms with Gasteiger partial charge in [0.1, 0.15) is 0 Å². The number of nitrogens with zero attached hydrogens (tertiary/aromatic N) is 1. The second-order valence-corrected chi connectivity index (χ2v) is 6.07. The molecule has 0 aliphatic heterocycles.